The van der Waals surface area contributed by atoms with Crippen molar-refractivity contribution in [2.75, 3.05) is 12.4 Å². The highest BCUT2D eigenvalue weighted by atomic mass is 35.5. The van der Waals surface area contributed by atoms with Crippen LogP contribution in [0.25, 0.3) is 0 Å². The van der Waals surface area contributed by atoms with Gasteiger partial charge in [0.05, 0.1) is 12.1 Å². The highest BCUT2D eigenvalue weighted by molar-refractivity contribution is 6.31. The number of benzene rings is 2. The van der Waals surface area contributed by atoms with Gasteiger partial charge in [0, 0.05) is 18.7 Å². The zero-order valence-corrected chi connectivity index (χ0v) is 17.1. The summed E-state index contributed by atoms with van der Waals surface area (Å²) in [6.45, 7) is 3.40. The molecule has 0 atom stereocenters. The molecule has 0 fully saturated rings. The van der Waals surface area contributed by atoms with Gasteiger partial charge in [0.15, 0.2) is 11.5 Å². The van der Waals surface area contributed by atoms with Gasteiger partial charge in [0.2, 0.25) is 5.95 Å². The number of hydrogen-bond acceptors (Lipinski definition) is 6. The second kappa shape index (κ2) is 10.1. The Bertz CT molecular complexity index is 930. The summed E-state index contributed by atoms with van der Waals surface area (Å²) in [5.41, 5.74) is 1.27. The van der Waals surface area contributed by atoms with E-state index in [1.807, 2.05) is 12.1 Å². The van der Waals surface area contributed by atoms with Crippen LogP contribution in [0.5, 0.6) is 11.5 Å². The number of tetrazole rings is 1. The standard InChI is InChI=1S/C20H23ClFN5O2/c1-3-4-10-27-20(24-25-26-27)23-12-14-8-9-18(19(11-14)28-2)29-13-15-16(21)6-5-7-17(15)22/h5-9,11H,3-4,10,12-13H2,1-2H3,(H,23,24,26). The maximum absolute atomic E-state index is 13.9. The van der Waals surface area contributed by atoms with Crippen LogP contribution in [-0.2, 0) is 19.7 Å². The van der Waals surface area contributed by atoms with Crippen molar-refractivity contribution < 1.29 is 13.9 Å². The summed E-state index contributed by atoms with van der Waals surface area (Å²) in [4.78, 5) is 0. The van der Waals surface area contributed by atoms with Crippen LogP contribution in [0.15, 0.2) is 36.4 Å². The van der Waals surface area contributed by atoms with Crippen LogP contribution in [0.4, 0.5) is 10.3 Å². The highest BCUT2D eigenvalue weighted by Gasteiger charge is 2.12. The first-order valence-electron chi connectivity index (χ1n) is 9.35. The van der Waals surface area contributed by atoms with Crippen molar-refractivity contribution >= 4 is 17.5 Å². The van der Waals surface area contributed by atoms with Crippen LogP contribution in [0.3, 0.4) is 0 Å². The monoisotopic (exact) mass is 419 g/mol. The second-order valence-electron chi connectivity index (χ2n) is 6.41. The van der Waals surface area contributed by atoms with Crippen molar-refractivity contribution in [3.05, 3.63) is 58.4 Å². The van der Waals surface area contributed by atoms with Crippen LogP contribution in [-0.4, -0.2) is 27.3 Å². The minimum atomic E-state index is -0.405. The first-order valence-corrected chi connectivity index (χ1v) is 9.72. The van der Waals surface area contributed by atoms with Crippen molar-refractivity contribution in [1.29, 1.82) is 0 Å². The highest BCUT2D eigenvalue weighted by Crippen LogP contribution is 2.30. The number of halogens is 2. The number of aryl methyl sites for hydroxylation is 1. The Kier molecular flexibility index (Phi) is 7.24. The summed E-state index contributed by atoms with van der Waals surface area (Å²) >= 11 is 6.05. The average Bonchev–Trinajstić information content (AvgIpc) is 3.18. The van der Waals surface area contributed by atoms with Crippen LogP contribution >= 0.6 is 11.6 Å². The largest absolute Gasteiger partial charge is 0.493 e. The fourth-order valence-corrected chi connectivity index (χ4v) is 2.95. The number of nitrogens with zero attached hydrogens (tertiary/aromatic N) is 4. The Labute approximate surface area is 173 Å². The molecule has 3 aromatic rings. The number of nitrogens with one attached hydrogen (secondary N) is 1. The molecule has 0 aliphatic heterocycles. The van der Waals surface area contributed by atoms with E-state index in [-0.39, 0.29) is 6.61 Å². The predicted molar refractivity (Wildman–Crippen MR) is 109 cm³/mol. The van der Waals surface area contributed by atoms with Crippen LogP contribution < -0.4 is 14.8 Å². The number of hydrogen-bond donors (Lipinski definition) is 1. The lowest BCUT2D eigenvalue weighted by molar-refractivity contribution is 0.279. The smallest absolute Gasteiger partial charge is 0.243 e. The van der Waals surface area contributed by atoms with Crippen LogP contribution in [0.1, 0.15) is 30.9 Å². The van der Waals surface area contributed by atoms with E-state index in [1.54, 1.807) is 30.0 Å². The maximum atomic E-state index is 13.9. The Morgan fingerprint density at radius 3 is 2.83 bits per heavy atom. The van der Waals surface area contributed by atoms with E-state index in [2.05, 4.69) is 27.8 Å². The number of ether oxygens (including phenoxy) is 2. The molecule has 2 aromatic carbocycles. The molecular formula is C20H23ClFN5O2. The van der Waals surface area contributed by atoms with Crippen molar-refractivity contribution in [2.45, 2.75) is 39.5 Å². The molecule has 0 spiro atoms. The summed E-state index contributed by atoms with van der Waals surface area (Å²) in [6, 6.07) is 10.1. The van der Waals surface area contributed by atoms with Gasteiger partial charge in [-0.3, -0.25) is 0 Å². The normalized spacial score (nSPS) is 10.8. The van der Waals surface area contributed by atoms with Gasteiger partial charge >= 0.3 is 0 Å². The third-order valence-corrected chi connectivity index (χ3v) is 4.72. The Balaban J connectivity index is 1.65. The van der Waals surface area contributed by atoms with Gasteiger partial charge in [-0.25, -0.2) is 9.07 Å². The topological polar surface area (TPSA) is 74.1 Å². The van der Waals surface area contributed by atoms with Gasteiger partial charge in [-0.05, 0) is 46.7 Å². The van der Waals surface area contributed by atoms with E-state index in [0.29, 0.717) is 34.6 Å². The van der Waals surface area contributed by atoms with Crippen molar-refractivity contribution in [3.8, 4) is 11.5 Å². The molecule has 1 aromatic heterocycles. The SMILES string of the molecule is CCCCn1nnnc1NCc1ccc(OCc2c(F)cccc2Cl)c(OC)c1. The summed E-state index contributed by atoms with van der Waals surface area (Å²) in [5.74, 6) is 1.26. The molecule has 0 aliphatic carbocycles. The maximum Gasteiger partial charge on any atom is 0.243 e. The Morgan fingerprint density at radius 2 is 2.07 bits per heavy atom. The molecule has 0 unspecified atom stereocenters. The predicted octanol–water partition coefficient (Wildman–Crippen LogP) is 4.47. The molecule has 1 heterocycles. The molecule has 0 aliphatic rings. The molecule has 0 radical (unpaired) electrons. The van der Waals surface area contributed by atoms with Gasteiger partial charge in [-0.2, -0.15) is 0 Å². The summed E-state index contributed by atoms with van der Waals surface area (Å²) < 4.78 is 26.8. The number of aromatic nitrogens is 4. The van der Waals surface area contributed by atoms with Gasteiger partial charge in [-0.15, -0.1) is 0 Å². The lowest BCUT2D eigenvalue weighted by Gasteiger charge is -2.14. The summed E-state index contributed by atoms with van der Waals surface area (Å²) in [7, 11) is 1.56. The minimum absolute atomic E-state index is 0.00562. The molecular weight excluding hydrogens is 397 g/mol. The molecule has 9 heteroatoms. The van der Waals surface area contributed by atoms with Crippen LogP contribution in [0, 0.1) is 5.82 Å². The van der Waals surface area contributed by atoms with Crippen molar-refractivity contribution in [2.24, 2.45) is 0 Å². The molecule has 1 N–H and O–H groups in total. The van der Waals surface area contributed by atoms with E-state index in [9.17, 15) is 4.39 Å². The quantitative estimate of drug-likeness (QED) is 0.522. The second-order valence-corrected chi connectivity index (χ2v) is 6.81. The molecule has 0 amide bonds. The molecule has 7 nitrogen and oxygen atoms in total. The van der Waals surface area contributed by atoms with E-state index >= 15 is 0 Å². The first kappa shape index (κ1) is 20.9. The van der Waals surface area contributed by atoms with Gasteiger partial charge < -0.3 is 14.8 Å². The zero-order chi connectivity index (χ0) is 20.6. The molecule has 3 rings (SSSR count). The van der Waals surface area contributed by atoms with Gasteiger partial charge in [0.25, 0.3) is 0 Å². The molecule has 29 heavy (non-hydrogen) atoms. The summed E-state index contributed by atoms with van der Waals surface area (Å²) in [6.07, 6.45) is 2.07. The molecule has 0 saturated carbocycles. The summed E-state index contributed by atoms with van der Waals surface area (Å²) in [5, 5.41) is 15.3. The van der Waals surface area contributed by atoms with Crippen molar-refractivity contribution in [1.82, 2.24) is 20.2 Å². The molecule has 0 bridgehead atoms. The van der Waals surface area contributed by atoms with Crippen LogP contribution in [0.2, 0.25) is 5.02 Å². The van der Waals surface area contributed by atoms with Gasteiger partial charge in [-0.1, -0.05) is 42.2 Å². The number of anilines is 1. The lowest BCUT2D eigenvalue weighted by atomic mass is 10.2. The minimum Gasteiger partial charge on any atom is -0.493 e. The number of rotatable bonds is 10. The Hall–Kier alpha value is -2.87. The van der Waals surface area contributed by atoms with E-state index < -0.39 is 5.82 Å². The lowest BCUT2D eigenvalue weighted by Crippen LogP contribution is -2.09. The first-order chi connectivity index (χ1) is 14.1. The number of unbranched alkanes of at least 4 members (excludes halogenated alkanes) is 1. The third-order valence-electron chi connectivity index (χ3n) is 4.37. The average molecular weight is 420 g/mol. The van der Waals surface area contributed by atoms with E-state index in [0.717, 1.165) is 24.9 Å². The number of methoxy groups -OCH3 is 1. The van der Waals surface area contributed by atoms with E-state index in [1.165, 1.54) is 6.07 Å². The fourth-order valence-electron chi connectivity index (χ4n) is 2.73. The molecule has 0 saturated heterocycles. The molecule has 154 valence electrons. The van der Waals surface area contributed by atoms with Crippen molar-refractivity contribution in [3.63, 3.8) is 0 Å². The van der Waals surface area contributed by atoms with Gasteiger partial charge in [0.1, 0.15) is 12.4 Å². The zero-order valence-electron chi connectivity index (χ0n) is 16.4. The Morgan fingerprint density at radius 1 is 1.21 bits per heavy atom. The fraction of sp³-hybridized carbons (Fsp3) is 0.350. The third kappa shape index (κ3) is 5.35. The van der Waals surface area contributed by atoms with E-state index in [4.69, 9.17) is 21.1 Å².